The van der Waals surface area contributed by atoms with Gasteiger partial charge in [-0.2, -0.15) is 0 Å². The molecule has 2 amide bonds. The first-order chi connectivity index (χ1) is 10.9. The average molecular weight is 314 g/mol. The quantitative estimate of drug-likeness (QED) is 0.942. The number of nitrogens with zero attached hydrogens (tertiary/aromatic N) is 1. The van der Waals surface area contributed by atoms with Gasteiger partial charge < -0.3 is 10.2 Å². The van der Waals surface area contributed by atoms with Crippen molar-refractivity contribution < 1.29 is 14.0 Å². The molecule has 1 N–H and O–H groups in total. The number of para-hydroxylation sites is 1. The van der Waals surface area contributed by atoms with Crippen molar-refractivity contribution in [1.29, 1.82) is 0 Å². The van der Waals surface area contributed by atoms with Gasteiger partial charge in [-0.1, -0.05) is 18.2 Å². The van der Waals surface area contributed by atoms with Crippen LogP contribution in [0.15, 0.2) is 42.5 Å². The molecular weight excluding hydrogens is 295 g/mol. The second-order valence-corrected chi connectivity index (χ2v) is 5.48. The van der Waals surface area contributed by atoms with Crippen molar-refractivity contribution in [2.45, 2.75) is 13.8 Å². The Kier molecular flexibility index (Phi) is 5.11. The van der Waals surface area contributed by atoms with Crippen LogP contribution in [-0.2, 0) is 4.79 Å². The SMILES string of the molecule is Cc1cccc(C)c1NC(=O)CN(C)C(=O)c1ccc(F)cc1. The van der Waals surface area contributed by atoms with E-state index in [1.54, 1.807) is 0 Å². The molecule has 0 radical (unpaired) electrons. The van der Waals surface area contributed by atoms with Crippen molar-refractivity contribution in [2.24, 2.45) is 0 Å². The molecule has 0 bridgehead atoms. The highest BCUT2D eigenvalue weighted by molar-refractivity contribution is 5.99. The number of rotatable bonds is 4. The maximum Gasteiger partial charge on any atom is 0.254 e. The summed E-state index contributed by atoms with van der Waals surface area (Å²) in [7, 11) is 1.54. The van der Waals surface area contributed by atoms with Crippen molar-refractivity contribution in [1.82, 2.24) is 4.90 Å². The monoisotopic (exact) mass is 314 g/mol. The Labute approximate surface area is 134 Å². The fraction of sp³-hybridized carbons (Fsp3) is 0.222. The maximum atomic E-state index is 12.9. The number of likely N-dealkylation sites (N-methyl/N-ethyl adjacent to an activating group) is 1. The Morgan fingerprint density at radius 3 is 2.17 bits per heavy atom. The number of carbonyl (C=O) groups is 2. The van der Waals surface area contributed by atoms with Crippen LogP contribution in [0.4, 0.5) is 10.1 Å². The molecule has 4 nitrogen and oxygen atoms in total. The van der Waals surface area contributed by atoms with Crippen molar-refractivity contribution in [2.75, 3.05) is 18.9 Å². The van der Waals surface area contributed by atoms with Gasteiger partial charge in [0.15, 0.2) is 0 Å². The molecule has 5 heteroatoms. The van der Waals surface area contributed by atoms with Crippen LogP contribution < -0.4 is 5.32 Å². The summed E-state index contributed by atoms with van der Waals surface area (Å²) in [5.41, 5.74) is 3.03. The zero-order valence-corrected chi connectivity index (χ0v) is 13.4. The maximum absolute atomic E-state index is 12.9. The second kappa shape index (κ2) is 7.05. The number of aryl methyl sites for hydroxylation is 2. The summed E-state index contributed by atoms with van der Waals surface area (Å²) in [4.78, 5) is 25.7. The molecule has 0 heterocycles. The van der Waals surface area contributed by atoms with E-state index in [1.807, 2.05) is 32.0 Å². The highest BCUT2D eigenvalue weighted by atomic mass is 19.1. The minimum Gasteiger partial charge on any atom is -0.332 e. The normalized spacial score (nSPS) is 10.3. The van der Waals surface area contributed by atoms with E-state index >= 15 is 0 Å². The zero-order chi connectivity index (χ0) is 17.0. The number of benzene rings is 2. The number of halogens is 1. The predicted molar refractivity (Wildman–Crippen MR) is 87.9 cm³/mol. The van der Waals surface area contributed by atoms with Crippen LogP contribution in [0.25, 0.3) is 0 Å². The van der Waals surface area contributed by atoms with Crippen LogP contribution >= 0.6 is 0 Å². The lowest BCUT2D eigenvalue weighted by Crippen LogP contribution is -2.35. The van der Waals surface area contributed by atoms with Crippen LogP contribution in [0.5, 0.6) is 0 Å². The van der Waals surface area contributed by atoms with Gasteiger partial charge in [-0.05, 0) is 49.2 Å². The smallest absolute Gasteiger partial charge is 0.254 e. The topological polar surface area (TPSA) is 49.4 Å². The third-order valence-electron chi connectivity index (χ3n) is 3.56. The number of anilines is 1. The molecule has 2 aromatic carbocycles. The van der Waals surface area contributed by atoms with E-state index in [2.05, 4.69) is 5.32 Å². The molecule has 0 aliphatic carbocycles. The molecule has 120 valence electrons. The van der Waals surface area contributed by atoms with E-state index in [9.17, 15) is 14.0 Å². The highest BCUT2D eigenvalue weighted by Crippen LogP contribution is 2.19. The Balaban J connectivity index is 2.02. The van der Waals surface area contributed by atoms with Crippen molar-refractivity contribution in [3.05, 3.63) is 65.0 Å². The first kappa shape index (κ1) is 16.7. The van der Waals surface area contributed by atoms with Gasteiger partial charge in [0.2, 0.25) is 5.91 Å². The van der Waals surface area contributed by atoms with Crippen molar-refractivity contribution in [3.8, 4) is 0 Å². The van der Waals surface area contributed by atoms with Gasteiger partial charge in [0.05, 0.1) is 6.54 Å². The van der Waals surface area contributed by atoms with Crippen molar-refractivity contribution >= 4 is 17.5 Å². The summed E-state index contributed by atoms with van der Waals surface area (Å²) >= 11 is 0. The molecule has 2 aromatic rings. The van der Waals surface area contributed by atoms with E-state index in [0.29, 0.717) is 5.56 Å². The standard InChI is InChI=1S/C18H19FN2O2/c1-12-5-4-6-13(2)17(12)20-16(22)11-21(3)18(23)14-7-9-15(19)10-8-14/h4-10H,11H2,1-3H3,(H,20,22). The molecule has 0 aliphatic rings. The summed E-state index contributed by atoms with van der Waals surface area (Å²) < 4.78 is 12.9. The van der Waals surface area contributed by atoms with E-state index < -0.39 is 5.82 Å². The molecular formula is C18H19FN2O2. The lowest BCUT2D eigenvalue weighted by molar-refractivity contribution is -0.116. The molecule has 0 aliphatic heterocycles. The molecule has 0 aromatic heterocycles. The van der Waals surface area contributed by atoms with Crippen LogP contribution in [0.3, 0.4) is 0 Å². The van der Waals surface area contributed by atoms with E-state index in [-0.39, 0.29) is 18.4 Å². The van der Waals surface area contributed by atoms with Gasteiger partial charge in [0, 0.05) is 18.3 Å². The van der Waals surface area contributed by atoms with E-state index in [1.165, 1.54) is 36.2 Å². The highest BCUT2D eigenvalue weighted by Gasteiger charge is 2.16. The van der Waals surface area contributed by atoms with Gasteiger partial charge in [0.1, 0.15) is 5.82 Å². The van der Waals surface area contributed by atoms with Gasteiger partial charge in [0.25, 0.3) is 5.91 Å². The van der Waals surface area contributed by atoms with Crippen LogP contribution in [0.1, 0.15) is 21.5 Å². The molecule has 2 rings (SSSR count). The summed E-state index contributed by atoms with van der Waals surface area (Å²) in [5.74, 6) is -1.01. The number of nitrogens with one attached hydrogen (secondary N) is 1. The minimum atomic E-state index is -0.406. The summed E-state index contributed by atoms with van der Waals surface area (Å²) in [6, 6.07) is 11.0. The Bertz CT molecular complexity index is 706. The number of hydrogen-bond donors (Lipinski definition) is 1. The Morgan fingerprint density at radius 2 is 1.61 bits per heavy atom. The molecule has 0 fully saturated rings. The summed E-state index contributed by atoms with van der Waals surface area (Å²) in [6.45, 7) is 3.75. The fourth-order valence-corrected chi connectivity index (χ4v) is 2.29. The minimum absolute atomic E-state index is 0.0794. The largest absolute Gasteiger partial charge is 0.332 e. The molecule has 0 atom stereocenters. The van der Waals surface area contributed by atoms with Gasteiger partial charge in [-0.25, -0.2) is 4.39 Å². The summed E-state index contributed by atoms with van der Waals surface area (Å²) in [6.07, 6.45) is 0. The van der Waals surface area contributed by atoms with Gasteiger partial charge in [-0.3, -0.25) is 9.59 Å². The Hall–Kier alpha value is -2.69. The predicted octanol–water partition coefficient (Wildman–Crippen LogP) is 3.15. The lowest BCUT2D eigenvalue weighted by atomic mass is 10.1. The van der Waals surface area contributed by atoms with E-state index in [4.69, 9.17) is 0 Å². The van der Waals surface area contributed by atoms with Crippen LogP contribution in [0.2, 0.25) is 0 Å². The number of carbonyl (C=O) groups excluding carboxylic acids is 2. The first-order valence-corrected chi connectivity index (χ1v) is 7.25. The lowest BCUT2D eigenvalue weighted by Gasteiger charge is -2.18. The molecule has 0 saturated carbocycles. The molecule has 23 heavy (non-hydrogen) atoms. The third-order valence-corrected chi connectivity index (χ3v) is 3.56. The van der Waals surface area contributed by atoms with E-state index in [0.717, 1.165) is 16.8 Å². The molecule has 0 spiro atoms. The Morgan fingerprint density at radius 1 is 1.04 bits per heavy atom. The van der Waals surface area contributed by atoms with Crippen LogP contribution in [-0.4, -0.2) is 30.3 Å². The van der Waals surface area contributed by atoms with Crippen molar-refractivity contribution in [3.63, 3.8) is 0 Å². The van der Waals surface area contributed by atoms with Crippen LogP contribution in [0, 0.1) is 19.7 Å². The fourth-order valence-electron chi connectivity index (χ4n) is 2.29. The third kappa shape index (κ3) is 4.16. The molecule has 0 unspecified atom stereocenters. The summed E-state index contributed by atoms with van der Waals surface area (Å²) in [5, 5.41) is 2.83. The average Bonchev–Trinajstić information content (AvgIpc) is 2.51. The second-order valence-electron chi connectivity index (χ2n) is 5.48. The number of hydrogen-bond acceptors (Lipinski definition) is 2. The number of amides is 2. The molecule has 0 saturated heterocycles. The zero-order valence-electron chi connectivity index (χ0n) is 13.4. The van der Waals surface area contributed by atoms with Gasteiger partial charge >= 0.3 is 0 Å². The van der Waals surface area contributed by atoms with Gasteiger partial charge in [-0.15, -0.1) is 0 Å². The first-order valence-electron chi connectivity index (χ1n) is 7.25.